The van der Waals surface area contributed by atoms with E-state index >= 15 is 0 Å². The molecule has 4 aromatic carbocycles. The molecule has 0 atom stereocenters. The molecule has 1 fully saturated rings. The summed E-state index contributed by atoms with van der Waals surface area (Å²) in [6, 6.07) is 24.2. The van der Waals surface area contributed by atoms with Crippen molar-refractivity contribution in [3.8, 4) is 11.5 Å². The number of carbonyl (C=O) groups excluding carboxylic acids is 2. The lowest BCUT2D eigenvalue weighted by molar-refractivity contribution is 0.0612. The quantitative estimate of drug-likeness (QED) is 0.255. The first-order chi connectivity index (χ1) is 20.8. The number of hydrogen-bond acceptors (Lipinski definition) is 6. The summed E-state index contributed by atoms with van der Waals surface area (Å²) in [4.78, 5) is 28.3. The van der Waals surface area contributed by atoms with Gasteiger partial charge in [-0.3, -0.25) is 14.5 Å². The van der Waals surface area contributed by atoms with Gasteiger partial charge in [0.05, 0.1) is 19.1 Å². The number of nitrogens with zero attached hydrogens (tertiary/aromatic N) is 2. The highest BCUT2D eigenvalue weighted by atomic mass is 32.2. The van der Waals surface area contributed by atoms with E-state index in [0.29, 0.717) is 52.6 Å². The monoisotopic (exact) mass is 616 g/mol. The van der Waals surface area contributed by atoms with Gasteiger partial charge in [-0.25, -0.2) is 8.42 Å². The van der Waals surface area contributed by atoms with Crippen LogP contribution in [0.2, 0.25) is 0 Å². The lowest BCUT2D eigenvalue weighted by Gasteiger charge is -2.32. The fourth-order valence-electron chi connectivity index (χ4n) is 6.29. The van der Waals surface area contributed by atoms with Crippen LogP contribution in [0.15, 0.2) is 83.8 Å². The molecule has 2 amide bonds. The maximum Gasteiger partial charge on any atom is 0.261 e. The van der Waals surface area contributed by atoms with Crippen LogP contribution in [-0.2, 0) is 22.9 Å². The lowest BCUT2D eigenvalue weighted by Crippen LogP contribution is -2.42. The Labute approximate surface area is 257 Å². The number of ether oxygens (including phenoxy) is 2. The number of sulfonamides is 1. The van der Waals surface area contributed by atoms with Crippen LogP contribution in [0.5, 0.6) is 11.5 Å². The molecule has 4 aromatic rings. The summed E-state index contributed by atoms with van der Waals surface area (Å²) in [6.45, 7) is 0.842. The van der Waals surface area contributed by atoms with Crippen LogP contribution < -0.4 is 9.47 Å². The molecule has 2 aliphatic heterocycles. The Morgan fingerprint density at radius 2 is 1.39 bits per heavy atom. The molecule has 0 saturated carbocycles. The zero-order chi connectivity index (χ0) is 30.1. The number of benzene rings is 4. The molecule has 2 aliphatic rings. The summed E-state index contributed by atoms with van der Waals surface area (Å²) in [5, 5.41) is 1.48. The van der Waals surface area contributed by atoms with Crippen LogP contribution in [0.25, 0.3) is 10.8 Å². The van der Waals surface area contributed by atoms with Gasteiger partial charge in [0.25, 0.3) is 11.8 Å². The number of imide groups is 1. The van der Waals surface area contributed by atoms with E-state index in [1.54, 1.807) is 30.3 Å². The van der Waals surface area contributed by atoms with Gasteiger partial charge in [0.2, 0.25) is 10.0 Å². The second-order valence-electron chi connectivity index (χ2n) is 11.1. The summed E-state index contributed by atoms with van der Waals surface area (Å²) in [7, 11) is -0.945. The van der Waals surface area contributed by atoms with E-state index in [2.05, 4.69) is 12.1 Å². The molecule has 2 N–H and O–H groups in total. The largest absolute Gasteiger partial charge is 0.493 e. The van der Waals surface area contributed by atoms with Crippen LogP contribution in [0.3, 0.4) is 0 Å². The molecule has 0 aliphatic carbocycles. The molecular formula is C34H36N2O7S. The third-order valence-corrected chi connectivity index (χ3v) is 10.6. The Hall–Kier alpha value is -4.25. The second kappa shape index (κ2) is 12.8. The van der Waals surface area contributed by atoms with Crippen molar-refractivity contribution in [2.75, 3.05) is 33.9 Å². The van der Waals surface area contributed by atoms with Gasteiger partial charge in [-0.15, -0.1) is 0 Å². The van der Waals surface area contributed by atoms with Crippen molar-refractivity contribution in [1.29, 1.82) is 0 Å². The normalized spacial score (nSPS) is 15.7. The molecular weight excluding hydrogens is 580 g/mol. The second-order valence-corrected chi connectivity index (χ2v) is 13.0. The molecule has 2 heterocycles. The third-order valence-electron chi connectivity index (χ3n) is 8.59. The molecule has 0 spiro atoms. The van der Waals surface area contributed by atoms with Gasteiger partial charge >= 0.3 is 0 Å². The summed E-state index contributed by atoms with van der Waals surface area (Å²) >= 11 is 0. The van der Waals surface area contributed by atoms with Crippen molar-refractivity contribution in [3.05, 3.63) is 101 Å². The SMILES string of the molecule is COc1cc(CCN2C(=O)c3cccc4cccc(c34)C2=O)c(S(=O)(=O)N2CCC(Cc3ccccc3)CC2)cc1OC.O. The maximum absolute atomic E-state index is 14.1. The molecule has 44 heavy (non-hydrogen) atoms. The predicted molar refractivity (Wildman–Crippen MR) is 168 cm³/mol. The summed E-state index contributed by atoms with van der Waals surface area (Å²) < 4.78 is 40.7. The van der Waals surface area contributed by atoms with E-state index in [1.807, 2.05) is 30.3 Å². The van der Waals surface area contributed by atoms with Gasteiger partial charge in [0.15, 0.2) is 11.5 Å². The van der Waals surface area contributed by atoms with Gasteiger partial charge in [0, 0.05) is 42.2 Å². The van der Waals surface area contributed by atoms with E-state index in [0.717, 1.165) is 24.6 Å². The summed E-state index contributed by atoms with van der Waals surface area (Å²) in [6.07, 6.45) is 2.58. The first kappa shape index (κ1) is 31.2. The average Bonchev–Trinajstić information content (AvgIpc) is 3.03. The van der Waals surface area contributed by atoms with Crippen LogP contribution in [0.4, 0.5) is 0 Å². The Bertz CT molecular complexity index is 1750. The number of carbonyl (C=O) groups is 2. The standard InChI is InChI=1S/C34H34N2O6S.H2O/c1-41-29-21-26(16-19-36-33(37)27-12-6-10-25-11-7-13-28(32(25)27)34(36)38)31(22-30(29)42-2)43(39,40)35-17-14-24(15-18-35)20-23-8-4-3-5-9-23;/h3-13,21-22,24H,14-20H2,1-2H3;1H2. The Morgan fingerprint density at radius 1 is 0.795 bits per heavy atom. The average molecular weight is 617 g/mol. The highest BCUT2D eigenvalue weighted by molar-refractivity contribution is 7.89. The first-order valence-corrected chi connectivity index (χ1v) is 15.9. The fraction of sp³-hybridized carbons (Fsp3) is 0.294. The van der Waals surface area contributed by atoms with Crippen LogP contribution in [0, 0.1) is 5.92 Å². The van der Waals surface area contributed by atoms with Crippen LogP contribution in [0.1, 0.15) is 44.7 Å². The number of methoxy groups -OCH3 is 2. The predicted octanol–water partition coefficient (Wildman–Crippen LogP) is 4.51. The van der Waals surface area contributed by atoms with Gasteiger partial charge in [-0.2, -0.15) is 4.31 Å². The minimum Gasteiger partial charge on any atom is -0.493 e. The fourth-order valence-corrected chi connectivity index (χ4v) is 8.01. The van der Waals surface area contributed by atoms with Crippen LogP contribution in [-0.4, -0.2) is 68.8 Å². The Morgan fingerprint density at radius 3 is 1.98 bits per heavy atom. The number of piperidine rings is 1. The molecule has 10 heteroatoms. The molecule has 9 nitrogen and oxygen atoms in total. The molecule has 0 radical (unpaired) electrons. The topological polar surface area (TPSA) is 125 Å². The molecule has 1 saturated heterocycles. The van der Waals surface area contributed by atoms with E-state index in [4.69, 9.17) is 9.47 Å². The van der Waals surface area contributed by atoms with Gasteiger partial charge in [-0.1, -0.05) is 54.6 Å². The smallest absolute Gasteiger partial charge is 0.261 e. The minimum absolute atomic E-state index is 0. The minimum atomic E-state index is -3.90. The highest BCUT2D eigenvalue weighted by Gasteiger charge is 2.35. The Kier molecular flexibility index (Phi) is 9.05. The molecule has 0 bridgehead atoms. The lowest BCUT2D eigenvalue weighted by atomic mass is 9.91. The van der Waals surface area contributed by atoms with Crippen LogP contribution >= 0.6 is 0 Å². The number of hydrogen-bond donors (Lipinski definition) is 0. The molecule has 0 unspecified atom stereocenters. The van der Waals surface area contributed by atoms with Crippen molar-refractivity contribution in [2.24, 2.45) is 5.92 Å². The molecule has 6 rings (SSSR count). The van der Waals surface area contributed by atoms with Crippen molar-refractivity contribution in [2.45, 2.75) is 30.6 Å². The first-order valence-electron chi connectivity index (χ1n) is 14.5. The zero-order valence-electron chi connectivity index (χ0n) is 24.8. The van der Waals surface area contributed by atoms with E-state index in [-0.39, 0.29) is 35.2 Å². The van der Waals surface area contributed by atoms with E-state index in [9.17, 15) is 18.0 Å². The summed E-state index contributed by atoms with van der Waals surface area (Å²) in [5.41, 5.74) is 2.64. The molecule has 0 aromatic heterocycles. The molecule has 230 valence electrons. The van der Waals surface area contributed by atoms with Gasteiger partial charge < -0.3 is 14.9 Å². The highest BCUT2D eigenvalue weighted by Crippen LogP contribution is 2.36. The maximum atomic E-state index is 14.1. The van der Waals surface area contributed by atoms with E-state index < -0.39 is 10.0 Å². The van der Waals surface area contributed by atoms with Crippen molar-refractivity contribution >= 4 is 32.6 Å². The third kappa shape index (κ3) is 5.68. The zero-order valence-corrected chi connectivity index (χ0v) is 25.6. The van der Waals surface area contributed by atoms with E-state index in [1.165, 1.54) is 35.1 Å². The van der Waals surface area contributed by atoms with Crippen molar-refractivity contribution in [3.63, 3.8) is 0 Å². The Balaban J connectivity index is 0.00000384. The van der Waals surface area contributed by atoms with Crippen molar-refractivity contribution in [1.82, 2.24) is 9.21 Å². The number of amides is 2. The van der Waals surface area contributed by atoms with Crippen molar-refractivity contribution < 1.29 is 33.0 Å². The van der Waals surface area contributed by atoms with Gasteiger partial charge in [-0.05, 0) is 66.3 Å². The van der Waals surface area contributed by atoms with Gasteiger partial charge in [0.1, 0.15) is 0 Å². The summed E-state index contributed by atoms with van der Waals surface area (Å²) in [5.74, 6) is 0.306. The number of rotatable bonds is 9.